The van der Waals surface area contributed by atoms with Crippen LogP contribution in [-0.2, 0) is 0 Å². The molecule has 0 saturated heterocycles. The van der Waals surface area contributed by atoms with Gasteiger partial charge in [-0.1, -0.05) is 0 Å². The van der Waals surface area contributed by atoms with E-state index in [4.69, 9.17) is 9.47 Å². The Kier molecular flexibility index (Phi) is 3.22. The normalized spacial score (nSPS) is 10.2. The maximum atomic E-state index is 13.0. The summed E-state index contributed by atoms with van der Waals surface area (Å²) in [5.74, 6) is -2.33. The molecule has 1 aromatic carbocycles. The number of nitrogens with zero attached hydrogens (tertiary/aromatic N) is 1. The Morgan fingerprint density at radius 1 is 1.28 bits per heavy atom. The summed E-state index contributed by atoms with van der Waals surface area (Å²) in [6.07, 6.45) is 1.11. The molecule has 5 nitrogen and oxygen atoms in total. The van der Waals surface area contributed by atoms with Crippen molar-refractivity contribution in [1.29, 1.82) is 0 Å². The van der Waals surface area contributed by atoms with Crippen LogP contribution in [-0.4, -0.2) is 17.1 Å². The van der Waals surface area contributed by atoms with Gasteiger partial charge in [0.15, 0.2) is 11.6 Å². The van der Waals surface area contributed by atoms with E-state index in [0.29, 0.717) is 0 Å². The van der Waals surface area contributed by atoms with Crippen LogP contribution in [0.15, 0.2) is 29.3 Å². The van der Waals surface area contributed by atoms with Crippen LogP contribution in [0.1, 0.15) is 0 Å². The van der Waals surface area contributed by atoms with Gasteiger partial charge in [-0.2, -0.15) is 0 Å². The monoisotopic (exact) mass is 254 g/mol. The van der Waals surface area contributed by atoms with Gasteiger partial charge in [-0.05, 0) is 12.1 Å². The summed E-state index contributed by atoms with van der Waals surface area (Å²) in [5, 5.41) is 0. The third-order valence-corrected chi connectivity index (χ3v) is 2.09. The molecule has 0 radical (unpaired) electrons. The maximum absolute atomic E-state index is 13.0. The van der Waals surface area contributed by atoms with E-state index in [1.165, 1.54) is 13.2 Å². The Morgan fingerprint density at radius 3 is 2.72 bits per heavy atom. The summed E-state index contributed by atoms with van der Waals surface area (Å²) in [4.78, 5) is 17.4. The predicted molar refractivity (Wildman–Crippen MR) is 57.8 cm³/mol. The van der Waals surface area contributed by atoms with E-state index < -0.39 is 17.2 Å². The van der Waals surface area contributed by atoms with Gasteiger partial charge in [0.25, 0.3) is 11.4 Å². The number of aromatic amines is 1. The number of benzene rings is 1. The zero-order valence-corrected chi connectivity index (χ0v) is 9.24. The van der Waals surface area contributed by atoms with Crippen LogP contribution in [0.25, 0.3) is 0 Å². The second kappa shape index (κ2) is 4.82. The highest BCUT2D eigenvalue weighted by Crippen LogP contribution is 2.26. The number of methoxy groups -OCH3 is 1. The van der Waals surface area contributed by atoms with Gasteiger partial charge in [0.1, 0.15) is 5.75 Å². The molecule has 0 fully saturated rings. The molecule has 0 aliphatic heterocycles. The molecule has 2 aromatic rings. The van der Waals surface area contributed by atoms with E-state index in [1.807, 2.05) is 0 Å². The standard InChI is InChI=1S/C11H8F2N2O3/c1-17-9-10(16)14-5-15-11(9)18-6-2-3-7(12)8(13)4-6/h2-5H,1H3,(H,14,15,16). The molecule has 1 heterocycles. The molecular formula is C11H8F2N2O3. The fourth-order valence-electron chi connectivity index (χ4n) is 1.28. The smallest absolute Gasteiger partial charge is 0.297 e. The van der Waals surface area contributed by atoms with Crippen molar-refractivity contribution < 1.29 is 18.3 Å². The summed E-state index contributed by atoms with van der Waals surface area (Å²) in [6.45, 7) is 0. The average molecular weight is 254 g/mol. The number of halogens is 2. The number of aromatic nitrogens is 2. The van der Waals surface area contributed by atoms with Crippen LogP contribution in [0.4, 0.5) is 8.78 Å². The van der Waals surface area contributed by atoms with Crippen molar-refractivity contribution >= 4 is 0 Å². The van der Waals surface area contributed by atoms with E-state index >= 15 is 0 Å². The summed E-state index contributed by atoms with van der Waals surface area (Å²) in [7, 11) is 1.27. The number of nitrogens with one attached hydrogen (secondary N) is 1. The molecule has 2 rings (SSSR count). The fourth-order valence-corrected chi connectivity index (χ4v) is 1.28. The molecule has 94 valence electrons. The molecule has 7 heteroatoms. The van der Waals surface area contributed by atoms with E-state index in [0.717, 1.165) is 18.5 Å². The Bertz CT molecular complexity index is 628. The molecule has 0 aliphatic rings. The van der Waals surface area contributed by atoms with E-state index in [2.05, 4.69) is 9.97 Å². The van der Waals surface area contributed by atoms with Crippen molar-refractivity contribution in [2.45, 2.75) is 0 Å². The van der Waals surface area contributed by atoms with Crippen LogP contribution < -0.4 is 15.0 Å². The molecule has 0 aliphatic carbocycles. The molecule has 0 atom stereocenters. The highest BCUT2D eigenvalue weighted by atomic mass is 19.2. The minimum atomic E-state index is -1.06. The van der Waals surface area contributed by atoms with E-state index in [9.17, 15) is 13.6 Å². The van der Waals surface area contributed by atoms with Crippen LogP contribution in [0.3, 0.4) is 0 Å². The summed E-state index contributed by atoms with van der Waals surface area (Å²) in [6, 6.07) is 2.96. The van der Waals surface area contributed by atoms with Crippen LogP contribution >= 0.6 is 0 Å². The van der Waals surface area contributed by atoms with E-state index in [1.54, 1.807) is 0 Å². The first kappa shape index (κ1) is 12.0. The van der Waals surface area contributed by atoms with Gasteiger partial charge < -0.3 is 14.5 Å². The maximum Gasteiger partial charge on any atom is 0.297 e. The zero-order valence-electron chi connectivity index (χ0n) is 9.24. The zero-order chi connectivity index (χ0) is 13.1. The van der Waals surface area contributed by atoms with Crippen molar-refractivity contribution in [2.24, 2.45) is 0 Å². The topological polar surface area (TPSA) is 64.2 Å². The lowest BCUT2D eigenvalue weighted by atomic mass is 10.3. The Labute approximate surface area is 100 Å². The van der Waals surface area contributed by atoms with Crippen LogP contribution in [0, 0.1) is 11.6 Å². The Morgan fingerprint density at radius 2 is 2.06 bits per heavy atom. The number of rotatable bonds is 3. The molecule has 0 amide bonds. The molecule has 1 aromatic heterocycles. The number of H-pyrrole nitrogens is 1. The molecule has 0 unspecified atom stereocenters. The molecule has 1 N–H and O–H groups in total. The minimum Gasteiger partial charge on any atom is -0.487 e. The SMILES string of the molecule is COc1c(Oc2ccc(F)c(F)c2)nc[nH]c1=O. The lowest BCUT2D eigenvalue weighted by Crippen LogP contribution is -2.11. The first-order valence-corrected chi connectivity index (χ1v) is 4.86. The largest absolute Gasteiger partial charge is 0.487 e. The molecule has 0 saturated carbocycles. The molecule has 0 bridgehead atoms. The third kappa shape index (κ3) is 2.29. The lowest BCUT2D eigenvalue weighted by Gasteiger charge is -2.07. The van der Waals surface area contributed by atoms with Gasteiger partial charge in [0.2, 0.25) is 5.75 Å². The van der Waals surface area contributed by atoms with Crippen LogP contribution in [0.5, 0.6) is 17.4 Å². The van der Waals surface area contributed by atoms with Crippen molar-refractivity contribution in [3.8, 4) is 17.4 Å². The number of hydrogen-bond acceptors (Lipinski definition) is 4. The summed E-state index contributed by atoms with van der Waals surface area (Å²) >= 11 is 0. The molecule has 0 spiro atoms. The Hall–Kier alpha value is -2.44. The highest BCUT2D eigenvalue weighted by molar-refractivity contribution is 5.35. The number of ether oxygens (including phenoxy) is 2. The molecular weight excluding hydrogens is 246 g/mol. The predicted octanol–water partition coefficient (Wildman–Crippen LogP) is 1.85. The lowest BCUT2D eigenvalue weighted by molar-refractivity contribution is 0.361. The second-order valence-electron chi connectivity index (χ2n) is 3.25. The quantitative estimate of drug-likeness (QED) is 0.907. The van der Waals surface area contributed by atoms with Gasteiger partial charge in [-0.25, -0.2) is 13.8 Å². The van der Waals surface area contributed by atoms with Gasteiger partial charge in [-0.3, -0.25) is 4.79 Å². The minimum absolute atomic E-state index is 0.00491. The number of hydrogen-bond donors (Lipinski definition) is 1. The summed E-state index contributed by atoms with van der Waals surface area (Å²) in [5.41, 5.74) is -0.537. The van der Waals surface area contributed by atoms with Crippen LogP contribution in [0.2, 0.25) is 0 Å². The van der Waals surface area contributed by atoms with Crippen molar-refractivity contribution in [2.75, 3.05) is 7.11 Å². The van der Waals surface area contributed by atoms with Gasteiger partial charge >= 0.3 is 0 Å². The first-order chi connectivity index (χ1) is 8.61. The van der Waals surface area contributed by atoms with Crippen molar-refractivity contribution in [1.82, 2.24) is 9.97 Å². The molecule has 18 heavy (non-hydrogen) atoms. The van der Waals surface area contributed by atoms with Gasteiger partial charge in [-0.15, -0.1) is 0 Å². The van der Waals surface area contributed by atoms with Crippen molar-refractivity contribution in [3.63, 3.8) is 0 Å². The highest BCUT2D eigenvalue weighted by Gasteiger charge is 2.12. The Balaban J connectivity index is 2.37. The van der Waals surface area contributed by atoms with Gasteiger partial charge in [0.05, 0.1) is 13.4 Å². The van der Waals surface area contributed by atoms with Crippen molar-refractivity contribution in [3.05, 3.63) is 46.5 Å². The second-order valence-corrected chi connectivity index (χ2v) is 3.25. The fraction of sp³-hybridized carbons (Fsp3) is 0.0909. The summed E-state index contributed by atoms with van der Waals surface area (Å²) < 4.78 is 35.6. The van der Waals surface area contributed by atoms with Gasteiger partial charge in [0, 0.05) is 6.07 Å². The first-order valence-electron chi connectivity index (χ1n) is 4.86. The van der Waals surface area contributed by atoms with E-state index in [-0.39, 0.29) is 17.4 Å². The third-order valence-electron chi connectivity index (χ3n) is 2.09. The average Bonchev–Trinajstić information content (AvgIpc) is 2.34.